The van der Waals surface area contributed by atoms with Crippen LogP contribution in [0, 0.1) is 0 Å². The van der Waals surface area contributed by atoms with Gasteiger partial charge >= 0.3 is 11.9 Å². The fourth-order valence-corrected chi connectivity index (χ4v) is 2.49. The Morgan fingerprint density at radius 1 is 0.963 bits per heavy atom. The molecule has 0 bridgehead atoms. The number of carbonyl (C=O) groups is 2. The molecule has 2 aromatic carbocycles. The summed E-state index contributed by atoms with van der Waals surface area (Å²) in [5, 5.41) is 1.28. The van der Waals surface area contributed by atoms with Crippen molar-refractivity contribution in [1.29, 1.82) is 0 Å². The fourth-order valence-electron chi connectivity index (χ4n) is 2.36. The molecule has 0 aliphatic rings. The fraction of sp³-hybridized carbons (Fsp3) is 0.333. The Bertz CT molecular complexity index is 719. The number of unbranched alkanes of at least 4 members (excludes halogenated alkanes) is 3. The van der Waals surface area contributed by atoms with Crippen LogP contribution in [0.25, 0.3) is 0 Å². The van der Waals surface area contributed by atoms with Gasteiger partial charge in [-0.1, -0.05) is 68.1 Å². The summed E-state index contributed by atoms with van der Waals surface area (Å²) in [5.74, 6) is -1.03. The predicted molar refractivity (Wildman–Crippen MR) is 104 cm³/mol. The van der Waals surface area contributed by atoms with Crippen molar-refractivity contribution in [3.05, 3.63) is 70.7 Å². The van der Waals surface area contributed by atoms with Gasteiger partial charge in [0.15, 0.2) is 0 Å². The Labute approximate surface area is 164 Å². The lowest BCUT2D eigenvalue weighted by atomic mass is 10.2. The Hall–Kier alpha value is -2.37. The van der Waals surface area contributed by atoms with E-state index >= 15 is 0 Å². The van der Waals surface area contributed by atoms with Crippen LogP contribution in [0.2, 0.25) is 5.02 Å². The third kappa shape index (κ3) is 7.41. The second kappa shape index (κ2) is 11.4. The third-order valence-corrected chi connectivity index (χ3v) is 4.12. The smallest absolute Gasteiger partial charge is 0.312 e. The molecule has 0 saturated heterocycles. The number of amides is 1. The molecule has 0 heterocycles. The topological polar surface area (TPSA) is 55.8 Å². The van der Waals surface area contributed by atoms with E-state index < -0.39 is 11.9 Å². The minimum atomic E-state index is -0.536. The molecule has 2 rings (SSSR count). The van der Waals surface area contributed by atoms with Crippen molar-refractivity contribution in [2.75, 3.05) is 0 Å². The van der Waals surface area contributed by atoms with Gasteiger partial charge in [-0.3, -0.25) is 4.79 Å². The molecule has 5 nitrogen and oxygen atoms in total. The first-order chi connectivity index (χ1) is 13.1. The van der Waals surface area contributed by atoms with Crippen LogP contribution < -0.4 is 0 Å². The SMILES string of the molecule is CCCCCCC(=O)ON(OCc1ccc(Cl)cc1)C(=O)c1ccccc1. The van der Waals surface area contributed by atoms with Crippen LogP contribution in [-0.4, -0.2) is 17.1 Å². The van der Waals surface area contributed by atoms with Gasteiger partial charge in [-0.25, -0.2) is 9.63 Å². The molecule has 27 heavy (non-hydrogen) atoms. The first-order valence-corrected chi connectivity index (χ1v) is 9.45. The predicted octanol–water partition coefficient (Wildman–Crippen LogP) is 5.34. The van der Waals surface area contributed by atoms with Crippen molar-refractivity contribution >= 4 is 23.5 Å². The number of hydrogen-bond acceptors (Lipinski definition) is 4. The Kier molecular flexibility index (Phi) is 8.81. The standard InChI is InChI=1S/C21H24ClNO4/c1-2-3-4-8-11-20(24)27-23(21(25)18-9-6-5-7-10-18)26-16-17-12-14-19(22)15-13-17/h5-7,9-10,12-15H,2-4,8,11,16H2,1H3. The molecule has 0 saturated carbocycles. The lowest BCUT2D eigenvalue weighted by molar-refractivity contribution is -0.314. The van der Waals surface area contributed by atoms with Gasteiger partial charge in [-0.2, -0.15) is 0 Å². The Morgan fingerprint density at radius 2 is 1.67 bits per heavy atom. The van der Waals surface area contributed by atoms with E-state index in [1.807, 2.05) is 0 Å². The number of hydrogen-bond donors (Lipinski definition) is 0. The summed E-state index contributed by atoms with van der Waals surface area (Å²) >= 11 is 5.87. The minimum Gasteiger partial charge on any atom is -0.312 e. The van der Waals surface area contributed by atoms with Crippen LogP contribution in [-0.2, 0) is 21.1 Å². The molecule has 0 unspecified atom stereocenters. The maximum Gasteiger partial charge on any atom is 0.335 e. The largest absolute Gasteiger partial charge is 0.335 e. The normalized spacial score (nSPS) is 10.4. The molecule has 1 amide bonds. The molecule has 6 heteroatoms. The highest BCUT2D eigenvalue weighted by Gasteiger charge is 2.22. The van der Waals surface area contributed by atoms with Gasteiger partial charge in [0, 0.05) is 17.0 Å². The second-order valence-corrected chi connectivity index (χ2v) is 6.54. The molecular weight excluding hydrogens is 366 g/mol. The van der Waals surface area contributed by atoms with Gasteiger partial charge in [0.05, 0.1) is 0 Å². The van der Waals surface area contributed by atoms with Crippen LogP contribution in [0.1, 0.15) is 54.9 Å². The average molecular weight is 390 g/mol. The Balaban J connectivity index is 2.00. The summed E-state index contributed by atoms with van der Waals surface area (Å²) in [4.78, 5) is 35.4. The van der Waals surface area contributed by atoms with Gasteiger partial charge < -0.3 is 4.84 Å². The first kappa shape index (κ1) is 20.9. The highest BCUT2D eigenvalue weighted by molar-refractivity contribution is 6.30. The van der Waals surface area contributed by atoms with Gasteiger partial charge in [0.2, 0.25) is 0 Å². The monoisotopic (exact) mass is 389 g/mol. The number of carbonyl (C=O) groups excluding carboxylic acids is 2. The molecule has 0 aliphatic carbocycles. The van der Waals surface area contributed by atoms with E-state index in [0.717, 1.165) is 31.2 Å². The number of benzene rings is 2. The molecule has 0 radical (unpaired) electrons. The summed E-state index contributed by atoms with van der Waals surface area (Å²) < 4.78 is 0. The quantitative estimate of drug-likeness (QED) is 0.429. The molecular formula is C21H24ClNO4. The average Bonchev–Trinajstić information content (AvgIpc) is 2.70. The van der Waals surface area contributed by atoms with Gasteiger partial charge in [-0.05, 0) is 41.5 Å². The van der Waals surface area contributed by atoms with Gasteiger partial charge in [0.1, 0.15) is 6.61 Å². The van der Waals surface area contributed by atoms with Crippen LogP contribution in [0.15, 0.2) is 54.6 Å². The molecule has 0 fully saturated rings. The van der Waals surface area contributed by atoms with Gasteiger partial charge in [-0.15, -0.1) is 0 Å². The maximum atomic E-state index is 12.6. The summed E-state index contributed by atoms with van der Waals surface area (Å²) in [7, 11) is 0. The summed E-state index contributed by atoms with van der Waals surface area (Å²) in [6, 6.07) is 15.5. The van der Waals surface area contributed by atoms with E-state index in [-0.39, 0.29) is 13.0 Å². The van der Waals surface area contributed by atoms with E-state index in [1.165, 1.54) is 0 Å². The van der Waals surface area contributed by atoms with Crippen molar-refractivity contribution in [2.24, 2.45) is 0 Å². The van der Waals surface area contributed by atoms with Crippen molar-refractivity contribution in [1.82, 2.24) is 5.23 Å². The van der Waals surface area contributed by atoms with Crippen molar-refractivity contribution in [3.63, 3.8) is 0 Å². The lowest BCUT2D eigenvalue weighted by Crippen LogP contribution is -2.33. The molecule has 0 N–H and O–H groups in total. The van der Waals surface area contributed by atoms with Crippen LogP contribution in [0.4, 0.5) is 0 Å². The molecule has 0 aromatic heterocycles. The first-order valence-electron chi connectivity index (χ1n) is 9.08. The number of rotatable bonds is 9. The maximum absolute atomic E-state index is 12.6. The van der Waals surface area contributed by atoms with Crippen LogP contribution in [0.5, 0.6) is 0 Å². The zero-order chi connectivity index (χ0) is 19.5. The zero-order valence-corrected chi connectivity index (χ0v) is 16.2. The summed E-state index contributed by atoms with van der Waals surface area (Å²) in [6.07, 6.45) is 4.05. The Morgan fingerprint density at radius 3 is 2.33 bits per heavy atom. The molecule has 0 spiro atoms. The van der Waals surface area contributed by atoms with Crippen molar-refractivity contribution in [3.8, 4) is 0 Å². The van der Waals surface area contributed by atoms with Crippen molar-refractivity contribution in [2.45, 2.75) is 45.6 Å². The summed E-state index contributed by atoms with van der Waals surface area (Å²) in [5.41, 5.74) is 1.16. The molecule has 0 aliphatic heterocycles. The van der Waals surface area contributed by atoms with Gasteiger partial charge in [0.25, 0.3) is 0 Å². The lowest BCUT2D eigenvalue weighted by Gasteiger charge is -2.20. The van der Waals surface area contributed by atoms with Crippen LogP contribution >= 0.6 is 11.6 Å². The van der Waals surface area contributed by atoms with E-state index in [2.05, 4.69) is 6.92 Å². The molecule has 0 atom stereocenters. The van der Waals surface area contributed by atoms with E-state index in [9.17, 15) is 9.59 Å². The number of halogens is 1. The van der Waals surface area contributed by atoms with E-state index in [0.29, 0.717) is 15.8 Å². The number of nitrogens with zero attached hydrogens (tertiary/aromatic N) is 1. The minimum absolute atomic E-state index is 0.0683. The van der Waals surface area contributed by atoms with Crippen molar-refractivity contribution < 1.29 is 19.3 Å². The number of hydroxylamine groups is 2. The van der Waals surface area contributed by atoms with Crippen LogP contribution in [0.3, 0.4) is 0 Å². The molecule has 2 aromatic rings. The summed E-state index contributed by atoms with van der Waals surface area (Å²) in [6.45, 7) is 2.17. The second-order valence-electron chi connectivity index (χ2n) is 6.10. The molecule has 144 valence electrons. The highest BCUT2D eigenvalue weighted by atomic mass is 35.5. The van der Waals surface area contributed by atoms with E-state index in [1.54, 1.807) is 54.6 Å². The van der Waals surface area contributed by atoms with E-state index in [4.69, 9.17) is 21.3 Å². The third-order valence-electron chi connectivity index (χ3n) is 3.87. The zero-order valence-electron chi connectivity index (χ0n) is 15.4. The highest BCUT2D eigenvalue weighted by Crippen LogP contribution is 2.14.